The van der Waals surface area contributed by atoms with Crippen molar-refractivity contribution >= 4 is 34.7 Å². The summed E-state index contributed by atoms with van der Waals surface area (Å²) in [6, 6.07) is 0.440. The fraction of sp³-hybridized carbons (Fsp3) is 0.444. The van der Waals surface area contributed by atoms with Gasteiger partial charge in [-0.1, -0.05) is 0 Å². The van der Waals surface area contributed by atoms with E-state index in [9.17, 15) is 4.79 Å². The molecule has 1 saturated heterocycles. The van der Waals surface area contributed by atoms with Gasteiger partial charge in [0, 0.05) is 44.5 Å². The number of amides is 1. The number of fused-ring (bicyclic) bond motifs is 1. The number of aromatic nitrogens is 6. The zero-order valence-electron chi connectivity index (χ0n) is 15.4. The Kier molecular flexibility index (Phi) is 4.22. The van der Waals surface area contributed by atoms with Crippen LogP contribution < -0.4 is 10.6 Å². The van der Waals surface area contributed by atoms with Crippen molar-refractivity contribution in [1.29, 1.82) is 0 Å². The van der Waals surface area contributed by atoms with E-state index in [0.717, 1.165) is 42.8 Å². The summed E-state index contributed by atoms with van der Waals surface area (Å²) in [5.74, 6) is 1.96. The summed E-state index contributed by atoms with van der Waals surface area (Å²) < 4.78 is 1.97. The Labute approximate surface area is 161 Å². The third kappa shape index (κ3) is 3.45. The van der Waals surface area contributed by atoms with Crippen molar-refractivity contribution in [3.63, 3.8) is 0 Å². The Morgan fingerprint density at radius 3 is 2.82 bits per heavy atom. The fourth-order valence-electron chi connectivity index (χ4n) is 3.33. The van der Waals surface area contributed by atoms with Crippen LogP contribution >= 0.6 is 0 Å². The van der Waals surface area contributed by atoms with Gasteiger partial charge in [0.15, 0.2) is 22.8 Å². The molecule has 3 aromatic rings. The van der Waals surface area contributed by atoms with E-state index in [1.807, 2.05) is 9.47 Å². The molecule has 144 valence electrons. The molecule has 10 nitrogen and oxygen atoms in total. The lowest BCUT2D eigenvalue weighted by atomic mass is 10.4. The van der Waals surface area contributed by atoms with E-state index in [1.54, 1.807) is 24.9 Å². The van der Waals surface area contributed by atoms with Gasteiger partial charge in [-0.05, 0) is 19.3 Å². The van der Waals surface area contributed by atoms with Gasteiger partial charge in [0.1, 0.15) is 0 Å². The van der Waals surface area contributed by atoms with E-state index >= 15 is 0 Å². The molecule has 28 heavy (non-hydrogen) atoms. The maximum absolute atomic E-state index is 11.9. The van der Waals surface area contributed by atoms with Gasteiger partial charge in [0.25, 0.3) is 0 Å². The number of likely N-dealkylation sites (tertiary alicyclic amines) is 1. The van der Waals surface area contributed by atoms with Gasteiger partial charge in [-0.15, -0.1) is 0 Å². The van der Waals surface area contributed by atoms with Crippen LogP contribution in [0, 0.1) is 0 Å². The topological polar surface area (TPSA) is 114 Å². The van der Waals surface area contributed by atoms with Crippen molar-refractivity contribution in [3.8, 4) is 0 Å². The van der Waals surface area contributed by atoms with E-state index in [0.29, 0.717) is 37.3 Å². The second-order valence-corrected chi connectivity index (χ2v) is 7.12. The summed E-state index contributed by atoms with van der Waals surface area (Å²) in [6.07, 6.45) is 10.5. The summed E-state index contributed by atoms with van der Waals surface area (Å²) in [5.41, 5.74) is 1.47. The van der Waals surface area contributed by atoms with Gasteiger partial charge in [0.2, 0.25) is 11.9 Å². The Balaban J connectivity index is 1.45. The molecule has 0 spiro atoms. The molecule has 3 aromatic heterocycles. The number of carbonyl (C=O) groups is 1. The van der Waals surface area contributed by atoms with E-state index in [-0.39, 0.29) is 5.91 Å². The largest absolute Gasteiger partial charge is 0.365 e. The van der Waals surface area contributed by atoms with Crippen LogP contribution in [0.1, 0.15) is 25.7 Å². The molecule has 1 aliphatic carbocycles. The number of nitrogens with zero attached hydrogens (tertiary/aromatic N) is 7. The molecule has 0 radical (unpaired) electrons. The number of hydrogen-bond donors (Lipinski definition) is 2. The van der Waals surface area contributed by atoms with Gasteiger partial charge >= 0.3 is 0 Å². The molecule has 2 aliphatic rings. The summed E-state index contributed by atoms with van der Waals surface area (Å²) in [4.78, 5) is 35.8. The Bertz CT molecular complexity index is 999. The third-order valence-corrected chi connectivity index (χ3v) is 4.97. The third-order valence-electron chi connectivity index (χ3n) is 4.97. The summed E-state index contributed by atoms with van der Waals surface area (Å²) >= 11 is 0. The van der Waals surface area contributed by atoms with E-state index in [1.165, 1.54) is 0 Å². The molecule has 1 aliphatic heterocycles. The molecule has 2 N–H and O–H groups in total. The van der Waals surface area contributed by atoms with E-state index < -0.39 is 0 Å². The molecular weight excluding hydrogens is 358 g/mol. The van der Waals surface area contributed by atoms with E-state index in [2.05, 4.69) is 35.6 Å². The first-order chi connectivity index (χ1) is 13.8. The molecule has 10 heteroatoms. The van der Waals surface area contributed by atoms with Crippen LogP contribution in [0.4, 0.5) is 17.6 Å². The maximum atomic E-state index is 11.9. The predicted molar refractivity (Wildman–Crippen MR) is 103 cm³/mol. The van der Waals surface area contributed by atoms with Gasteiger partial charge in [0.05, 0.1) is 12.5 Å². The van der Waals surface area contributed by atoms with Crippen LogP contribution in [0.5, 0.6) is 0 Å². The first-order valence-corrected chi connectivity index (χ1v) is 9.56. The molecule has 4 heterocycles. The van der Waals surface area contributed by atoms with Crippen LogP contribution in [-0.4, -0.2) is 59.4 Å². The van der Waals surface area contributed by atoms with Crippen molar-refractivity contribution in [1.82, 2.24) is 34.4 Å². The number of rotatable bonds is 7. The Morgan fingerprint density at radius 1 is 1.14 bits per heavy atom. The second-order valence-electron chi connectivity index (χ2n) is 7.12. The number of hydrogen-bond acceptors (Lipinski definition) is 8. The maximum Gasteiger partial charge on any atom is 0.232 e. The number of carbonyl (C=O) groups excluding carboxylic acids is 1. The molecule has 5 rings (SSSR count). The zero-order valence-corrected chi connectivity index (χ0v) is 15.4. The first kappa shape index (κ1) is 16.8. The average molecular weight is 379 g/mol. The quantitative estimate of drug-likeness (QED) is 0.636. The van der Waals surface area contributed by atoms with Crippen molar-refractivity contribution in [3.05, 3.63) is 24.9 Å². The van der Waals surface area contributed by atoms with E-state index in [4.69, 9.17) is 0 Å². The molecule has 2 fully saturated rings. The van der Waals surface area contributed by atoms with Gasteiger partial charge in [-0.3, -0.25) is 9.78 Å². The van der Waals surface area contributed by atoms with Gasteiger partial charge < -0.3 is 20.1 Å². The van der Waals surface area contributed by atoms with Crippen LogP contribution in [0.3, 0.4) is 0 Å². The van der Waals surface area contributed by atoms with Crippen molar-refractivity contribution in [2.75, 3.05) is 23.7 Å². The molecular formula is C18H21N9O. The normalized spacial score (nSPS) is 16.7. The zero-order chi connectivity index (χ0) is 18.9. The average Bonchev–Trinajstić information content (AvgIpc) is 3.28. The summed E-state index contributed by atoms with van der Waals surface area (Å²) in [5, 5.41) is 6.55. The smallest absolute Gasteiger partial charge is 0.232 e. The van der Waals surface area contributed by atoms with Crippen molar-refractivity contribution in [2.24, 2.45) is 0 Å². The summed E-state index contributed by atoms with van der Waals surface area (Å²) in [6.45, 7) is 2.13. The number of nitrogens with one attached hydrogen (secondary N) is 2. The van der Waals surface area contributed by atoms with Gasteiger partial charge in [-0.25, -0.2) is 9.97 Å². The monoisotopic (exact) mass is 379 g/mol. The highest BCUT2D eigenvalue weighted by atomic mass is 16.2. The highest BCUT2D eigenvalue weighted by Crippen LogP contribution is 2.28. The minimum absolute atomic E-state index is 0.222. The molecule has 0 aromatic carbocycles. The Hall–Kier alpha value is -3.30. The SMILES string of the molecule is O=C1CCCN1CCn1cnc2c(NC3CC3)nc(Nc3cnccn3)nc21. The minimum atomic E-state index is 0.222. The molecule has 1 saturated carbocycles. The second kappa shape index (κ2) is 7.02. The molecule has 0 unspecified atom stereocenters. The molecule has 1 amide bonds. The Morgan fingerprint density at radius 2 is 2.07 bits per heavy atom. The standard InChI is InChI=1S/C18H21N9O/c28-14-2-1-7-26(14)8-9-27-11-21-15-16(22-12-3-4-12)24-18(25-17(15)27)23-13-10-19-5-6-20-13/h5-6,10-12H,1-4,7-9H2,(H2,20,22,23,24,25). The van der Waals surface area contributed by atoms with Crippen LogP contribution in [0.2, 0.25) is 0 Å². The number of imidazole rings is 1. The van der Waals surface area contributed by atoms with Crippen LogP contribution in [0.15, 0.2) is 24.9 Å². The van der Waals surface area contributed by atoms with Crippen molar-refractivity contribution < 1.29 is 4.79 Å². The molecule has 0 bridgehead atoms. The van der Waals surface area contributed by atoms with Gasteiger partial charge in [-0.2, -0.15) is 9.97 Å². The summed E-state index contributed by atoms with van der Waals surface area (Å²) in [7, 11) is 0. The predicted octanol–water partition coefficient (Wildman–Crippen LogP) is 1.56. The lowest BCUT2D eigenvalue weighted by Gasteiger charge is -2.16. The fourth-order valence-corrected chi connectivity index (χ4v) is 3.33. The lowest BCUT2D eigenvalue weighted by Crippen LogP contribution is -2.28. The highest BCUT2D eigenvalue weighted by Gasteiger charge is 2.25. The van der Waals surface area contributed by atoms with Crippen LogP contribution in [0.25, 0.3) is 11.2 Å². The minimum Gasteiger partial charge on any atom is -0.365 e. The number of anilines is 3. The lowest BCUT2D eigenvalue weighted by molar-refractivity contribution is -0.127. The van der Waals surface area contributed by atoms with Crippen molar-refractivity contribution in [2.45, 2.75) is 38.3 Å². The van der Waals surface area contributed by atoms with Crippen LogP contribution in [-0.2, 0) is 11.3 Å². The highest BCUT2D eigenvalue weighted by molar-refractivity contribution is 5.85. The molecule has 0 atom stereocenters. The first-order valence-electron chi connectivity index (χ1n) is 9.56.